The number of carbonyl (C=O) groups excluding carboxylic acids is 2. The number of cyclic esters (lactones) is 1. The van der Waals surface area contributed by atoms with Crippen molar-refractivity contribution in [1.82, 2.24) is 14.9 Å². The molecule has 1 amide bonds. The fourth-order valence-electron chi connectivity index (χ4n) is 7.94. The molecule has 7 rings (SSSR count). The van der Waals surface area contributed by atoms with Crippen molar-refractivity contribution in [3.8, 4) is 11.4 Å². The van der Waals surface area contributed by atoms with E-state index >= 15 is 4.39 Å². The first-order chi connectivity index (χ1) is 24.9. The van der Waals surface area contributed by atoms with Crippen molar-refractivity contribution >= 4 is 22.8 Å². The number of nitrogens with one attached hydrogen (secondary N) is 1. The Hall–Kier alpha value is -4.04. The molecule has 0 radical (unpaired) electrons. The van der Waals surface area contributed by atoms with Crippen molar-refractivity contribution in [2.75, 3.05) is 6.61 Å². The number of aryl methyl sites for hydroxylation is 1. The van der Waals surface area contributed by atoms with Crippen LogP contribution in [-0.4, -0.2) is 96.6 Å². The first-order valence-corrected chi connectivity index (χ1v) is 17.1. The van der Waals surface area contributed by atoms with Crippen LogP contribution in [0, 0.1) is 18.7 Å². The lowest BCUT2D eigenvalue weighted by molar-refractivity contribution is -0.345. The average molecular weight is 752 g/mol. The van der Waals surface area contributed by atoms with Gasteiger partial charge < -0.3 is 49.6 Å². The maximum atomic E-state index is 15.3. The molecule has 1 fully saturated rings. The number of pyridine rings is 2. The van der Waals surface area contributed by atoms with E-state index in [-0.39, 0.29) is 60.4 Å². The van der Waals surface area contributed by atoms with Crippen LogP contribution in [0.1, 0.15) is 66.1 Å². The zero-order valence-electron chi connectivity index (χ0n) is 28.6. The van der Waals surface area contributed by atoms with Crippen LogP contribution >= 0.6 is 0 Å². The molecule has 14 nitrogen and oxygen atoms in total. The molecule has 1 aromatic carbocycles. The number of fused-ring (bicyclic) bond motifs is 5. The number of rotatable bonds is 7. The summed E-state index contributed by atoms with van der Waals surface area (Å²) in [6, 6.07) is 1.68. The Bertz CT molecular complexity index is 2090. The number of hydrogen-bond acceptors (Lipinski definition) is 12. The molecule has 0 saturated carbocycles. The molecule has 1 saturated heterocycles. The number of benzene rings is 1. The summed E-state index contributed by atoms with van der Waals surface area (Å²) in [6.07, 6.45) is -17.7. The largest absolute Gasteiger partial charge is 0.458 e. The molecule has 53 heavy (non-hydrogen) atoms. The molecule has 1 aliphatic carbocycles. The predicted molar refractivity (Wildman–Crippen MR) is 172 cm³/mol. The number of halogens is 4. The molecule has 4 aliphatic rings. The highest BCUT2D eigenvalue weighted by Crippen LogP contribution is 2.46. The fraction of sp³-hybridized carbons (Fsp3) is 0.543. The second-order valence-electron chi connectivity index (χ2n) is 14.0. The maximum absolute atomic E-state index is 15.3. The van der Waals surface area contributed by atoms with E-state index in [4.69, 9.17) is 19.2 Å². The summed E-state index contributed by atoms with van der Waals surface area (Å²) in [5, 5.41) is 54.4. The van der Waals surface area contributed by atoms with Crippen LogP contribution < -0.4 is 10.9 Å². The van der Waals surface area contributed by atoms with Gasteiger partial charge >= 0.3 is 12.1 Å². The summed E-state index contributed by atoms with van der Waals surface area (Å²) >= 11 is 0. The smallest absolute Gasteiger partial charge is 0.415 e. The molecule has 286 valence electrons. The van der Waals surface area contributed by atoms with Gasteiger partial charge in [-0.2, -0.15) is 13.2 Å². The van der Waals surface area contributed by atoms with Crippen molar-refractivity contribution in [3.63, 3.8) is 0 Å². The van der Waals surface area contributed by atoms with E-state index < -0.39 is 90.4 Å². The molecule has 2 aromatic heterocycles. The van der Waals surface area contributed by atoms with Gasteiger partial charge in [0.05, 0.1) is 47.6 Å². The second kappa shape index (κ2) is 13.1. The Morgan fingerprint density at radius 1 is 1.15 bits per heavy atom. The molecule has 9 atom stereocenters. The Kier molecular flexibility index (Phi) is 9.19. The van der Waals surface area contributed by atoms with E-state index in [0.29, 0.717) is 27.6 Å². The zero-order chi connectivity index (χ0) is 38.5. The van der Waals surface area contributed by atoms with Crippen molar-refractivity contribution in [1.29, 1.82) is 0 Å². The van der Waals surface area contributed by atoms with Gasteiger partial charge in [-0.05, 0) is 48.9 Å². The van der Waals surface area contributed by atoms with E-state index in [9.17, 15) is 53.1 Å². The maximum Gasteiger partial charge on any atom is 0.415 e. The van der Waals surface area contributed by atoms with E-state index in [1.165, 1.54) is 16.7 Å². The third kappa shape index (κ3) is 5.73. The van der Waals surface area contributed by atoms with Crippen molar-refractivity contribution < 1.29 is 66.9 Å². The standard InChI is InChI=1S/C35H37F4N3O11/c1-4-34(50)17-7-21-25-15(9-42(21)31(48)16(17)11-51-33(34)49)24-19(6-5-14-12(2)18(36)8-20(40-25)23(14)24)41-30(47)13(3)29(35(37,38)39)53-32-28(46)27(45)26(44)22(10-43)52-32/h7-8,13,19,22,26-29,32,43-46,50H,4-6,9-11H2,1-3H3,(H,41,47)/t13-,19-,22+,26+,27-,28+,29?,32-,34-/m0/s1. The molecule has 0 bridgehead atoms. The van der Waals surface area contributed by atoms with Crippen LogP contribution in [0.2, 0.25) is 0 Å². The van der Waals surface area contributed by atoms with Gasteiger partial charge in [0.25, 0.3) is 5.56 Å². The van der Waals surface area contributed by atoms with E-state index in [0.717, 1.165) is 6.92 Å². The Labute approximate surface area is 297 Å². The molecular weight excluding hydrogens is 714 g/mol. The first-order valence-electron chi connectivity index (χ1n) is 17.1. The highest BCUT2D eigenvalue weighted by Gasteiger charge is 2.53. The van der Waals surface area contributed by atoms with Gasteiger partial charge in [0.15, 0.2) is 18.0 Å². The Morgan fingerprint density at radius 3 is 2.53 bits per heavy atom. The van der Waals surface area contributed by atoms with Gasteiger partial charge in [0, 0.05) is 22.6 Å². The van der Waals surface area contributed by atoms with Crippen molar-refractivity contribution in [3.05, 3.63) is 61.7 Å². The molecule has 0 spiro atoms. The van der Waals surface area contributed by atoms with Crippen LogP contribution in [0.25, 0.3) is 22.3 Å². The lowest BCUT2D eigenvalue weighted by Crippen LogP contribution is -2.61. The summed E-state index contributed by atoms with van der Waals surface area (Å²) in [6.45, 7) is 2.66. The minimum atomic E-state index is -5.21. The zero-order valence-corrected chi connectivity index (χ0v) is 28.6. The van der Waals surface area contributed by atoms with Gasteiger partial charge in [-0.15, -0.1) is 0 Å². The first kappa shape index (κ1) is 37.3. The number of aliphatic hydroxyl groups excluding tert-OH is 4. The third-order valence-corrected chi connectivity index (χ3v) is 11.0. The molecule has 3 aromatic rings. The minimum absolute atomic E-state index is 0.0444. The van der Waals surface area contributed by atoms with Crippen LogP contribution in [-0.2, 0) is 49.0 Å². The van der Waals surface area contributed by atoms with Gasteiger partial charge in [0.2, 0.25) is 5.91 Å². The number of hydrogen-bond donors (Lipinski definition) is 6. The number of esters is 1. The quantitative estimate of drug-likeness (QED) is 0.116. The number of amides is 1. The number of ether oxygens (including phenoxy) is 3. The fourth-order valence-corrected chi connectivity index (χ4v) is 7.94. The highest BCUT2D eigenvalue weighted by molar-refractivity contribution is 5.94. The monoisotopic (exact) mass is 751 g/mol. The molecule has 5 heterocycles. The summed E-state index contributed by atoms with van der Waals surface area (Å²) in [5.41, 5.74) is -0.292. The highest BCUT2D eigenvalue weighted by atomic mass is 19.4. The summed E-state index contributed by atoms with van der Waals surface area (Å²) in [7, 11) is 0. The average Bonchev–Trinajstić information content (AvgIpc) is 3.49. The van der Waals surface area contributed by atoms with Crippen molar-refractivity contribution in [2.24, 2.45) is 5.92 Å². The van der Waals surface area contributed by atoms with Crippen LogP contribution in [0.4, 0.5) is 17.6 Å². The van der Waals surface area contributed by atoms with E-state index in [1.54, 1.807) is 13.8 Å². The second-order valence-corrected chi connectivity index (χ2v) is 14.0. The summed E-state index contributed by atoms with van der Waals surface area (Å²) in [4.78, 5) is 45.0. The summed E-state index contributed by atoms with van der Waals surface area (Å²) < 4.78 is 75.4. The lowest BCUT2D eigenvalue weighted by atomic mass is 9.81. The minimum Gasteiger partial charge on any atom is -0.458 e. The van der Waals surface area contributed by atoms with E-state index in [1.807, 2.05) is 0 Å². The normalized spacial score (nSPS) is 28.9. The summed E-state index contributed by atoms with van der Waals surface area (Å²) in [5.74, 6) is -4.61. The Balaban J connectivity index is 1.28. The van der Waals surface area contributed by atoms with Crippen LogP contribution in [0.5, 0.6) is 0 Å². The SMILES string of the molecule is CC[C@@]1(O)C(=O)OCc2c1cc1n(c2=O)Cc2c-1nc1cc(F)c(C)c3c1c2[C@@H](NC(=O)[C@@H](C)C(O[C@@H]1O[C@H](CO)[C@@H](O)[C@H](O)[C@H]1O)C(F)(F)F)CC3. The third-order valence-electron chi connectivity index (χ3n) is 11.0. The van der Waals surface area contributed by atoms with Crippen LogP contribution in [0.15, 0.2) is 16.9 Å². The molecule has 18 heteroatoms. The van der Waals surface area contributed by atoms with Crippen LogP contribution in [0.3, 0.4) is 0 Å². The lowest BCUT2D eigenvalue weighted by Gasteiger charge is -2.41. The molecule has 1 unspecified atom stereocenters. The number of carbonyl (C=O) groups is 2. The molecular formula is C35H37F4N3O11. The van der Waals surface area contributed by atoms with Gasteiger partial charge in [-0.1, -0.05) is 13.8 Å². The number of nitrogens with zero attached hydrogens (tertiary/aromatic N) is 2. The molecule has 3 aliphatic heterocycles. The van der Waals surface area contributed by atoms with E-state index in [2.05, 4.69) is 5.32 Å². The predicted octanol–water partition coefficient (Wildman–Crippen LogP) is 1.01. The van der Waals surface area contributed by atoms with Crippen molar-refractivity contribution in [2.45, 2.75) is 108 Å². The number of aromatic nitrogens is 2. The molecule has 6 N–H and O–H groups in total. The topological polar surface area (TPSA) is 210 Å². The number of alkyl halides is 3. The Morgan fingerprint density at radius 2 is 1.87 bits per heavy atom. The number of aliphatic hydroxyl groups is 5. The van der Waals surface area contributed by atoms with Gasteiger partial charge in [-0.25, -0.2) is 14.2 Å². The van der Waals surface area contributed by atoms with Gasteiger partial charge in [-0.3, -0.25) is 9.59 Å². The van der Waals surface area contributed by atoms with Gasteiger partial charge in [0.1, 0.15) is 36.8 Å².